The number of carbonyl (C=O) groups is 3. The predicted octanol–water partition coefficient (Wildman–Crippen LogP) is 4.09. The molecule has 196 valence electrons. The van der Waals surface area contributed by atoms with Crippen molar-refractivity contribution in [2.24, 2.45) is 0 Å². The second kappa shape index (κ2) is 11.3. The van der Waals surface area contributed by atoms with Crippen LogP contribution in [0.15, 0.2) is 42.7 Å². The molecule has 2 aliphatic carbocycles. The second-order valence-corrected chi connectivity index (χ2v) is 10.2. The molecule has 1 atom stereocenters. The summed E-state index contributed by atoms with van der Waals surface area (Å²) >= 11 is 0. The highest BCUT2D eigenvalue weighted by atomic mass is 16.6. The van der Waals surface area contributed by atoms with Crippen molar-refractivity contribution >= 4 is 29.3 Å². The Morgan fingerprint density at radius 2 is 1.78 bits per heavy atom. The maximum absolute atomic E-state index is 13.3. The normalized spacial score (nSPS) is 19.1. The van der Waals surface area contributed by atoms with Gasteiger partial charge in [-0.1, -0.05) is 19.3 Å². The molecule has 9 heteroatoms. The van der Waals surface area contributed by atoms with Crippen LogP contribution in [-0.2, 0) is 9.59 Å². The molecule has 0 radical (unpaired) electrons. The van der Waals surface area contributed by atoms with E-state index in [1.165, 1.54) is 24.2 Å². The first kappa shape index (κ1) is 25.2. The topological polar surface area (TPSA) is 104 Å². The van der Waals surface area contributed by atoms with Crippen molar-refractivity contribution in [2.75, 3.05) is 22.9 Å². The van der Waals surface area contributed by atoms with E-state index in [0.717, 1.165) is 37.7 Å². The molecule has 3 amide bonds. The van der Waals surface area contributed by atoms with Crippen molar-refractivity contribution in [3.63, 3.8) is 0 Å². The van der Waals surface area contributed by atoms with Gasteiger partial charge < -0.3 is 20.3 Å². The Kier molecular flexibility index (Phi) is 7.69. The molecular weight excluding hydrogens is 470 g/mol. The highest BCUT2D eigenvalue weighted by Crippen LogP contribution is 2.41. The number of anilines is 2. The Bertz CT molecular complexity index is 1130. The average Bonchev–Trinajstić information content (AvgIpc) is 2.88. The third-order valence-electron chi connectivity index (χ3n) is 7.70. The SMILES string of the molecule is CC(NC(=O)Oc1ccc2c(c1)N(C(=O)CNC1CCCCC1)CC(=O)N2C1CCC1)c1ccncc1. The van der Waals surface area contributed by atoms with Gasteiger partial charge in [0.05, 0.1) is 24.0 Å². The van der Waals surface area contributed by atoms with Gasteiger partial charge in [0.1, 0.15) is 12.3 Å². The zero-order chi connectivity index (χ0) is 25.8. The van der Waals surface area contributed by atoms with Gasteiger partial charge in [0.2, 0.25) is 11.8 Å². The highest BCUT2D eigenvalue weighted by Gasteiger charge is 2.38. The predicted molar refractivity (Wildman–Crippen MR) is 141 cm³/mol. The van der Waals surface area contributed by atoms with Crippen LogP contribution in [0.2, 0.25) is 0 Å². The quantitative estimate of drug-likeness (QED) is 0.588. The number of pyridine rings is 1. The summed E-state index contributed by atoms with van der Waals surface area (Å²) in [5.74, 6) is 0.0984. The first-order chi connectivity index (χ1) is 18.0. The van der Waals surface area contributed by atoms with Gasteiger partial charge in [-0.05, 0) is 68.9 Å². The highest BCUT2D eigenvalue weighted by molar-refractivity contribution is 6.12. The number of rotatable bonds is 7. The monoisotopic (exact) mass is 505 g/mol. The summed E-state index contributed by atoms with van der Waals surface area (Å²) < 4.78 is 5.60. The Hall–Kier alpha value is -3.46. The molecule has 0 saturated heterocycles. The van der Waals surface area contributed by atoms with Crippen LogP contribution in [0.5, 0.6) is 5.75 Å². The standard InChI is InChI=1S/C28H35N5O4/c1-19(20-12-14-29-15-13-20)31-28(36)37-23-10-11-24-25(16-23)32(18-27(35)33(24)22-8-5-9-22)26(34)17-30-21-6-3-2-4-7-21/h10-16,19,21-22,30H,2-9,17-18H2,1H3,(H,31,36). The third kappa shape index (κ3) is 5.77. The van der Waals surface area contributed by atoms with Gasteiger partial charge in [0, 0.05) is 30.5 Å². The molecule has 2 heterocycles. The van der Waals surface area contributed by atoms with Crippen LogP contribution >= 0.6 is 0 Å². The molecule has 9 nitrogen and oxygen atoms in total. The van der Waals surface area contributed by atoms with Gasteiger partial charge >= 0.3 is 6.09 Å². The number of aromatic nitrogens is 1. The molecule has 0 bridgehead atoms. The lowest BCUT2D eigenvalue weighted by Gasteiger charge is -2.43. The van der Waals surface area contributed by atoms with E-state index in [-0.39, 0.29) is 37.0 Å². The van der Waals surface area contributed by atoms with E-state index >= 15 is 0 Å². The van der Waals surface area contributed by atoms with Crippen LogP contribution in [0, 0.1) is 0 Å². The van der Waals surface area contributed by atoms with E-state index < -0.39 is 6.09 Å². The number of carbonyl (C=O) groups excluding carboxylic acids is 3. The van der Waals surface area contributed by atoms with E-state index in [1.807, 2.05) is 24.0 Å². The Morgan fingerprint density at radius 1 is 1.03 bits per heavy atom. The van der Waals surface area contributed by atoms with Crippen molar-refractivity contribution in [3.8, 4) is 5.75 Å². The molecule has 2 aromatic rings. The maximum Gasteiger partial charge on any atom is 0.413 e. The Balaban J connectivity index is 1.33. The number of hydrogen-bond donors (Lipinski definition) is 2. The smallest absolute Gasteiger partial charge is 0.410 e. The summed E-state index contributed by atoms with van der Waals surface area (Å²) in [6.45, 7) is 2.03. The summed E-state index contributed by atoms with van der Waals surface area (Å²) in [6.07, 6.45) is 11.5. The summed E-state index contributed by atoms with van der Waals surface area (Å²) in [5, 5.41) is 6.21. The molecule has 2 saturated carbocycles. The minimum Gasteiger partial charge on any atom is -0.410 e. The summed E-state index contributed by atoms with van der Waals surface area (Å²) in [7, 11) is 0. The van der Waals surface area contributed by atoms with Crippen LogP contribution in [0.4, 0.5) is 16.2 Å². The molecule has 1 aromatic heterocycles. The molecule has 5 rings (SSSR count). The average molecular weight is 506 g/mol. The molecule has 1 unspecified atom stereocenters. The van der Waals surface area contributed by atoms with Crippen molar-refractivity contribution in [2.45, 2.75) is 76.4 Å². The van der Waals surface area contributed by atoms with Gasteiger partial charge in [-0.3, -0.25) is 19.5 Å². The first-order valence-corrected chi connectivity index (χ1v) is 13.4. The molecule has 2 fully saturated rings. The van der Waals surface area contributed by atoms with Crippen LogP contribution in [0.25, 0.3) is 0 Å². The van der Waals surface area contributed by atoms with Crippen molar-refractivity contribution in [1.82, 2.24) is 15.6 Å². The van der Waals surface area contributed by atoms with Crippen LogP contribution < -0.4 is 25.2 Å². The van der Waals surface area contributed by atoms with Crippen LogP contribution in [-0.4, -0.2) is 48.1 Å². The summed E-state index contributed by atoms with van der Waals surface area (Å²) in [4.78, 5) is 46.5. The van der Waals surface area contributed by atoms with Crippen molar-refractivity contribution < 1.29 is 19.1 Å². The molecule has 3 aliphatic rings. The Labute approximate surface area is 217 Å². The molecule has 37 heavy (non-hydrogen) atoms. The maximum atomic E-state index is 13.3. The molecule has 0 spiro atoms. The zero-order valence-corrected chi connectivity index (χ0v) is 21.3. The van der Waals surface area contributed by atoms with Gasteiger partial charge in [-0.2, -0.15) is 0 Å². The number of nitrogens with one attached hydrogen (secondary N) is 2. The fraction of sp³-hybridized carbons (Fsp3) is 0.500. The number of benzene rings is 1. The third-order valence-corrected chi connectivity index (χ3v) is 7.70. The molecular formula is C28H35N5O4. The molecule has 2 N–H and O–H groups in total. The number of hydrogen-bond acceptors (Lipinski definition) is 6. The van der Waals surface area contributed by atoms with E-state index in [4.69, 9.17) is 4.74 Å². The number of fused-ring (bicyclic) bond motifs is 1. The van der Waals surface area contributed by atoms with E-state index in [9.17, 15) is 14.4 Å². The lowest BCUT2D eigenvalue weighted by atomic mass is 9.90. The second-order valence-electron chi connectivity index (χ2n) is 10.2. The van der Waals surface area contributed by atoms with Gasteiger partial charge in [0.15, 0.2) is 0 Å². The minimum absolute atomic E-state index is 0.0105. The summed E-state index contributed by atoms with van der Waals surface area (Å²) in [6, 6.07) is 9.07. The molecule has 1 aliphatic heterocycles. The van der Waals surface area contributed by atoms with Crippen LogP contribution in [0.1, 0.15) is 69.9 Å². The minimum atomic E-state index is -0.594. The van der Waals surface area contributed by atoms with Gasteiger partial charge in [-0.25, -0.2) is 4.79 Å². The number of amides is 3. The lowest BCUT2D eigenvalue weighted by molar-refractivity contribution is -0.123. The van der Waals surface area contributed by atoms with Gasteiger partial charge in [0.25, 0.3) is 0 Å². The van der Waals surface area contributed by atoms with E-state index in [1.54, 1.807) is 30.6 Å². The van der Waals surface area contributed by atoms with E-state index in [2.05, 4.69) is 15.6 Å². The fourth-order valence-corrected chi connectivity index (χ4v) is 5.37. The van der Waals surface area contributed by atoms with Crippen molar-refractivity contribution in [1.29, 1.82) is 0 Å². The zero-order valence-electron chi connectivity index (χ0n) is 21.3. The first-order valence-electron chi connectivity index (χ1n) is 13.4. The largest absolute Gasteiger partial charge is 0.413 e. The molecule has 1 aromatic carbocycles. The van der Waals surface area contributed by atoms with Gasteiger partial charge in [-0.15, -0.1) is 0 Å². The number of ether oxygens (including phenoxy) is 1. The lowest BCUT2D eigenvalue weighted by Crippen LogP contribution is -2.55. The van der Waals surface area contributed by atoms with Crippen molar-refractivity contribution in [3.05, 3.63) is 48.3 Å². The summed E-state index contributed by atoms with van der Waals surface area (Å²) in [5.41, 5.74) is 2.22. The van der Waals surface area contributed by atoms with E-state index in [0.29, 0.717) is 23.2 Å². The fourth-order valence-electron chi connectivity index (χ4n) is 5.37. The number of nitrogens with zero attached hydrogens (tertiary/aromatic N) is 3. The Morgan fingerprint density at radius 3 is 2.49 bits per heavy atom. The van der Waals surface area contributed by atoms with Crippen LogP contribution in [0.3, 0.4) is 0 Å².